The summed E-state index contributed by atoms with van der Waals surface area (Å²) < 4.78 is 0. The summed E-state index contributed by atoms with van der Waals surface area (Å²) in [6.07, 6.45) is 4.60. The van der Waals surface area contributed by atoms with Crippen molar-refractivity contribution in [3.05, 3.63) is 0 Å². The highest BCUT2D eigenvalue weighted by molar-refractivity contribution is 6.35. The zero-order chi connectivity index (χ0) is 16.7. The van der Waals surface area contributed by atoms with Gasteiger partial charge in [0.15, 0.2) is 0 Å². The first-order valence-electron chi connectivity index (χ1n) is 8.18. The molecule has 6 nitrogen and oxygen atoms in total. The van der Waals surface area contributed by atoms with Gasteiger partial charge in [0.2, 0.25) is 11.7 Å². The van der Waals surface area contributed by atoms with Gasteiger partial charge in [0.25, 0.3) is 5.91 Å². The number of nitrogens with zero attached hydrogens (tertiary/aromatic N) is 1. The molecule has 0 aliphatic carbocycles. The van der Waals surface area contributed by atoms with Crippen molar-refractivity contribution in [1.29, 1.82) is 0 Å². The van der Waals surface area contributed by atoms with Crippen LogP contribution in [0, 0.1) is 5.92 Å². The van der Waals surface area contributed by atoms with Gasteiger partial charge >= 0.3 is 0 Å². The molecule has 0 radical (unpaired) electrons. The maximum absolute atomic E-state index is 12.4. The second-order valence-corrected chi connectivity index (χ2v) is 6.47. The van der Waals surface area contributed by atoms with E-state index >= 15 is 0 Å². The fraction of sp³-hybridized carbons (Fsp3) is 0.812. The molecule has 0 aromatic carbocycles. The Balaban J connectivity index is 2.65. The summed E-state index contributed by atoms with van der Waals surface area (Å²) in [5.74, 6) is -1.21. The molecule has 0 spiro atoms. The summed E-state index contributed by atoms with van der Waals surface area (Å²) in [4.78, 5) is 37.0. The molecule has 0 bridgehead atoms. The molecule has 3 N–H and O–H groups in total. The second-order valence-electron chi connectivity index (χ2n) is 6.47. The third kappa shape index (κ3) is 5.75. The summed E-state index contributed by atoms with van der Waals surface area (Å²) in [7, 11) is 1.93. The van der Waals surface area contributed by atoms with Crippen LogP contribution >= 0.6 is 0 Å². The Labute approximate surface area is 132 Å². The number of likely N-dealkylation sites (tertiary alicyclic amines) is 1. The molecule has 1 saturated heterocycles. The Hall–Kier alpha value is -1.43. The minimum absolute atomic E-state index is 0.00837. The summed E-state index contributed by atoms with van der Waals surface area (Å²) in [6.45, 7) is 5.11. The zero-order valence-corrected chi connectivity index (χ0v) is 13.9. The lowest BCUT2D eigenvalue weighted by Gasteiger charge is -2.25. The smallest absolute Gasteiger partial charge is 0.284 e. The van der Waals surface area contributed by atoms with E-state index in [1.807, 2.05) is 11.9 Å². The van der Waals surface area contributed by atoms with E-state index in [2.05, 4.69) is 19.2 Å². The zero-order valence-electron chi connectivity index (χ0n) is 13.9. The summed E-state index contributed by atoms with van der Waals surface area (Å²) in [5, 5.41) is 2.96. The van der Waals surface area contributed by atoms with Crippen molar-refractivity contribution in [3.63, 3.8) is 0 Å². The lowest BCUT2D eigenvalue weighted by atomic mass is 9.94. The highest BCUT2D eigenvalue weighted by Crippen LogP contribution is 2.18. The average Bonchev–Trinajstić information content (AvgIpc) is 2.84. The van der Waals surface area contributed by atoms with E-state index in [0.29, 0.717) is 12.3 Å². The predicted molar refractivity (Wildman–Crippen MR) is 85.1 cm³/mol. The molecule has 6 heteroatoms. The minimum Gasteiger partial charge on any atom is -0.363 e. The lowest BCUT2D eigenvalue weighted by molar-refractivity contribution is -0.136. The van der Waals surface area contributed by atoms with Gasteiger partial charge in [-0.25, -0.2) is 0 Å². The molecular weight excluding hydrogens is 282 g/mol. The first kappa shape index (κ1) is 18.6. The number of nitrogens with one attached hydrogen (secondary N) is 1. The van der Waals surface area contributed by atoms with Crippen molar-refractivity contribution in [1.82, 2.24) is 10.2 Å². The topological polar surface area (TPSA) is 92.5 Å². The molecule has 2 amide bonds. The van der Waals surface area contributed by atoms with Crippen LogP contribution in [-0.2, 0) is 14.4 Å². The van der Waals surface area contributed by atoms with Gasteiger partial charge in [-0.2, -0.15) is 0 Å². The number of rotatable bonds is 9. The van der Waals surface area contributed by atoms with Crippen LogP contribution in [0.1, 0.15) is 52.4 Å². The number of amides is 2. The number of carbonyl (C=O) groups excluding carboxylic acids is 3. The number of carbonyl (C=O) groups is 3. The molecule has 0 saturated carbocycles. The van der Waals surface area contributed by atoms with Crippen molar-refractivity contribution in [2.45, 2.75) is 64.5 Å². The van der Waals surface area contributed by atoms with Gasteiger partial charge in [-0.1, -0.05) is 26.7 Å². The molecule has 3 unspecified atom stereocenters. The molecule has 3 atom stereocenters. The van der Waals surface area contributed by atoms with Crippen molar-refractivity contribution in [2.24, 2.45) is 11.7 Å². The third-order valence-corrected chi connectivity index (χ3v) is 4.34. The van der Waals surface area contributed by atoms with Crippen LogP contribution in [0.5, 0.6) is 0 Å². The lowest BCUT2D eigenvalue weighted by Crippen LogP contribution is -2.47. The molecule has 126 valence electrons. The minimum atomic E-state index is -0.930. The normalized spacial score (nSPS) is 21.3. The number of hydrogen-bond acceptors (Lipinski definition) is 4. The number of ketones is 1. The highest BCUT2D eigenvalue weighted by Gasteiger charge is 2.30. The SMILES string of the molecule is CCCC(C)CC(CC(=O)C(N)=O)NC(=O)C1CCCN1C. The van der Waals surface area contributed by atoms with Crippen LogP contribution in [0.3, 0.4) is 0 Å². The van der Waals surface area contributed by atoms with Crippen LogP contribution in [0.25, 0.3) is 0 Å². The van der Waals surface area contributed by atoms with Gasteiger partial charge in [0.1, 0.15) is 0 Å². The number of likely N-dealkylation sites (N-methyl/N-ethyl adjacent to an activating group) is 1. The van der Waals surface area contributed by atoms with Gasteiger partial charge < -0.3 is 11.1 Å². The molecule has 22 heavy (non-hydrogen) atoms. The van der Waals surface area contributed by atoms with Gasteiger partial charge in [-0.05, 0) is 38.8 Å². The predicted octanol–water partition coefficient (Wildman–Crippen LogP) is 0.836. The van der Waals surface area contributed by atoms with Crippen molar-refractivity contribution >= 4 is 17.6 Å². The maximum Gasteiger partial charge on any atom is 0.284 e. The number of hydrogen-bond donors (Lipinski definition) is 2. The van der Waals surface area contributed by atoms with Crippen LogP contribution in [0.2, 0.25) is 0 Å². The quantitative estimate of drug-likeness (QED) is 0.617. The van der Waals surface area contributed by atoms with E-state index in [1.54, 1.807) is 0 Å². The number of nitrogens with two attached hydrogens (primary N) is 1. The van der Waals surface area contributed by atoms with Crippen LogP contribution < -0.4 is 11.1 Å². The number of Topliss-reactive ketones (excluding diaryl/α,β-unsaturated/α-hetero) is 1. The van der Waals surface area contributed by atoms with E-state index in [9.17, 15) is 14.4 Å². The number of primary amides is 1. The molecule has 1 aliphatic rings. The summed E-state index contributed by atoms with van der Waals surface area (Å²) in [6, 6.07) is -0.448. The molecule has 1 aliphatic heterocycles. The Morgan fingerprint density at radius 1 is 1.36 bits per heavy atom. The first-order valence-corrected chi connectivity index (χ1v) is 8.18. The van der Waals surface area contributed by atoms with Gasteiger partial charge in [-0.15, -0.1) is 0 Å². The highest BCUT2D eigenvalue weighted by atomic mass is 16.2. The second kappa shape index (κ2) is 8.88. The molecule has 1 rings (SSSR count). The Morgan fingerprint density at radius 2 is 2.05 bits per heavy atom. The van der Waals surface area contributed by atoms with E-state index < -0.39 is 11.7 Å². The van der Waals surface area contributed by atoms with Crippen LogP contribution in [0.15, 0.2) is 0 Å². The summed E-state index contributed by atoms with van der Waals surface area (Å²) >= 11 is 0. The Kier molecular flexibility index (Phi) is 7.51. The van der Waals surface area contributed by atoms with E-state index in [0.717, 1.165) is 32.2 Å². The monoisotopic (exact) mass is 311 g/mol. The third-order valence-electron chi connectivity index (χ3n) is 4.34. The Bertz CT molecular complexity index is 411. The van der Waals surface area contributed by atoms with Crippen LogP contribution in [0.4, 0.5) is 0 Å². The fourth-order valence-electron chi connectivity index (χ4n) is 3.15. The largest absolute Gasteiger partial charge is 0.363 e. The van der Waals surface area contributed by atoms with E-state index in [1.165, 1.54) is 0 Å². The molecular formula is C16H29N3O3. The van der Waals surface area contributed by atoms with Crippen molar-refractivity contribution in [2.75, 3.05) is 13.6 Å². The van der Waals surface area contributed by atoms with Crippen molar-refractivity contribution in [3.8, 4) is 0 Å². The van der Waals surface area contributed by atoms with Gasteiger partial charge in [0.05, 0.1) is 6.04 Å². The average molecular weight is 311 g/mol. The molecule has 0 aromatic heterocycles. The van der Waals surface area contributed by atoms with E-state index in [-0.39, 0.29) is 24.4 Å². The summed E-state index contributed by atoms with van der Waals surface area (Å²) in [5.41, 5.74) is 5.04. The van der Waals surface area contributed by atoms with E-state index in [4.69, 9.17) is 5.73 Å². The van der Waals surface area contributed by atoms with Crippen LogP contribution in [-0.4, -0.2) is 48.2 Å². The molecule has 1 heterocycles. The fourth-order valence-corrected chi connectivity index (χ4v) is 3.15. The molecule has 0 aromatic rings. The Morgan fingerprint density at radius 3 is 2.55 bits per heavy atom. The van der Waals surface area contributed by atoms with Gasteiger partial charge in [-0.3, -0.25) is 19.3 Å². The van der Waals surface area contributed by atoms with Crippen molar-refractivity contribution < 1.29 is 14.4 Å². The standard InChI is InChI=1S/C16H29N3O3/c1-4-6-11(2)9-12(10-14(20)15(17)21)18-16(22)13-7-5-8-19(13)3/h11-13H,4-10H2,1-3H3,(H2,17,21)(H,18,22). The van der Waals surface area contributed by atoms with Gasteiger partial charge in [0, 0.05) is 12.5 Å². The maximum atomic E-state index is 12.4. The molecule has 1 fully saturated rings. The first-order chi connectivity index (χ1) is 10.3.